The van der Waals surface area contributed by atoms with Crippen molar-refractivity contribution in [2.75, 3.05) is 26.8 Å². The van der Waals surface area contributed by atoms with Crippen LogP contribution in [0.2, 0.25) is 5.02 Å². The predicted molar refractivity (Wildman–Crippen MR) is 106 cm³/mol. The molecule has 3 amide bonds. The quantitative estimate of drug-likeness (QED) is 0.757. The molecule has 160 valence electrons. The van der Waals surface area contributed by atoms with Crippen molar-refractivity contribution in [3.05, 3.63) is 34.1 Å². The molecule has 1 heterocycles. The van der Waals surface area contributed by atoms with Crippen molar-refractivity contribution in [3.63, 3.8) is 0 Å². The number of halogens is 2. The van der Waals surface area contributed by atoms with Gasteiger partial charge in [0.25, 0.3) is 0 Å². The first kappa shape index (κ1) is 21.6. The average Bonchev–Trinajstić information content (AvgIpc) is 3.53. The van der Waals surface area contributed by atoms with Crippen molar-refractivity contribution in [3.8, 4) is 0 Å². The number of aliphatic hydroxyl groups is 1. The molecule has 1 aliphatic carbocycles. The Morgan fingerprint density at radius 2 is 2.07 bits per heavy atom. The van der Waals surface area contributed by atoms with Gasteiger partial charge >= 0.3 is 12.1 Å². The molecule has 7 nitrogen and oxygen atoms in total. The van der Waals surface area contributed by atoms with E-state index in [-0.39, 0.29) is 37.2 Å². The highest BCUT2D eigenvalue weighted by atomic mass is 35.5. The van der Waals surface area contributed by atoms with E-state index in [1.54, 1.807) is 17.9 Å². The summed E-state index contributed by atoms with van der Waals surface area (Å²) in [6.07, 6.45) is 1.91. The van der Waals surface area contributed by atoms with Crippen molar-refractivity contribution in [1.82, 2.24) is 15.1 Å². The number of rotatable bonds is 5. The summed E-state index contributed by atoms with van der Waals surface area (Å²) in [6.45, 7) is 2.50. The van der Waals surface area contributed by atoms with Crippen molar-refractivity contribution < 1.29 is 23.8 Å². The van der Waals surface area contributed by atoms with Crippen LogP contribution in [0.15, 0.2) is 12.1 Å². The number of aryl methyl sites for hydroxylation is 1. The maximum atomic E-state index is 14.1. The molecule has 0 aromatic heterocycles. The minimum Gasteiger partial charge on any atom is -0.453 e. The molecular weight excluding hydrogens is 401 g/mol. The summed E-state index contributed by atoms with van der Waals surface area (Å²) in [5.74, 6) is -0.591. The van der Waals surface area contributed by atoms with Gasteiger partial charge in [-0.2, -0.15) is 0 Å². The van der Waals surface area contributed by atoms with E-state index < -0.39 is 11.9 Å². The Labute approximate surface area is 174 Å². The highest BCUT2D eigenvalue weighted by molar-refractivity contribution is 6.31. The normalized spacial score (nSPS) is 21.6. The third kappa shape index (κ3) is 5.11. The summed E-state index contributed by atoms with van der Waals surface area (Å²) in [6, 6.07) is 2.44. The number of methoxy groups -OCH3 is 1. The van der Waals surface area contributed by atoms with Gasteiger partial charge in [0.2, 0.25) is 0 Å². The second-order valence-corrected chi connectivity index (χ2v) is 8.21. The lowest BCUT2D eigenvalue weighted by Crippen LogP contribution is -2.57. The molecule has 2 unspecified atom stereocenters. The molecule has 1 aromatic carbocycles. The Morgan fingerprint density at radius 1 is 1.34 bits per heavy atom. The molecule has 2 atom stereocenters. The van der Waals surface area contributed by atoms with Crippen LogP contribution in [0.1, 0.15) is 30.4 Å². The fraction of sp³-hybridized carbons (Fsp3) is 0.600. The Morgan fingerprint density at radius 3 is 2.69 bits per heavy atom. The van der Waals surface area contributed by atoms with E-state index in [0.29, 0.717) is 30.1 Å². The first-order valence-corrected chi connectivity index (χ1v) is 10.2. The lowest BCUT2D eigenvalue weighted by Gasteiger charge is -2.41. The maximum Gasteiger partial charge on any atom is 0.409 e. The molecule has 1 aliphatic heterocycles. The summed E-state index contributed by atoms with van der Waals surface area (Å²) in [4.78, 5) is 28.3. The van der Waals surface area contributed by atoms with E-state index in [2.05, 4.69) is 5.32 Å². The number of likely N-dealkylation sites (tertiary alicyclic amines) is 1. The van der Waals surface area contributed by atoms with Gasteiger partial charge in [0.05, 0.1) is 13.2 Å². The third-order valence-corrected chi connectivity index (χ3v) is 5.94. The molecule has 1 saturated heterocycles. The zero-order chi connectivity index (χ0) is 21.1. The van der Waals surface area contributed by atoms with Crippen molar-refractivity contribution in [2.24, 2.45) is 5.92 Å². The van der Waals surface area contributed by atoms with Gasteiger partial charge in [-0.05, 0) is 43.9 Å². The summed E-state index contributed by atoms with van der Waals surface area (Å²) in [5, 5.41) is 12.8. The van der Waals surface area contributed by atoms with Crippen LogP contribution in [-0.2, 0) is 11.3 Å². The van der Waals surface area contributed by atoms with Crippen LogP contribution >= 0.6 is 11.6 Å². The maximum absolute atomic E-state index is 14.1. The minimum atomic E-state index is -0.469. The van der Waals surface area contributed by atoms with Gasteiger partial charge < -0.3 is 25.0 Å². The number of nitrogens with one attached hydrogen (secondary N) is 1. The first-order chi connectivity index (χ1) is 13.8. The molecular formula is C20H27ClFN3O4. The van der Waals surface area contributed by atoms with Gasteiger partial charge in [0.15, 0.2) is 0 Å². The second kappa shape index (κ2) is 9.17. The topological polar surface area (TPSA) is 82.1 Å². The van der Waals surface area contributed by atoms with Gasteiger partial charge in [-0.3, -0.25) is 0 Å². The number of nitrogens with zero attached hydrogens (tertiary/aromatic N) is 2. The minimum absolute atomic E-state index is 0.0444. The molecule has 0 radical (unpaired) electrons. The molecule has 2 N–H and O–H groups in total. The average molecular weight is 428 g/mol. The van der Waals surface area contributed by atoms with Crippen LogP contribution in [0.3, 0.4) is 0 Å². The molecule has 2 aliphatic rings. The summed E-state index contributed by atoms with van der Waals surface area (Å²) in [7, 11) is 1.31. The SMILES string of the molecule is COC(=O)N1CC(CO)CC(N(C(=O)NCc2cc(C)c(Cl)cc2F)C2CC2)C1. The number of amides is 3. The van der Waals surface area contributed by atoms with E-state index in [1.807, 2.05) is 0 Å². The molecule has 0 bridgehead atoms. The number of hydrogen-bond acceptors (Lipinski definition) is 4. The smallest absolute Gasteiger partial charge is 0.409 e. The molecule has 1 aromatic rings. The van der Waals surface area contributed by atoms with E-state index in [1.165, 1.54) is 18.1 Å². The van der Waals surface area contributed by atoms with Gasteiger partial charge in [-0.25, -0.2) is 14.0 Å². The fourth-order valence-corrected chi connectivity index (χ4v) is 4.03. The van der Waals surface area contributed by atoms with Gasteiger partial charge in [0, 0.05) is 48.8 Å². The summed E-state index contributed by atoms with van der Waals surface area (Å²) >= 11 is 5.93. The van der Waals surface area contributed by atoms with Crippen LogP contribution in [-0.4, -0.2) is 65.9 Å². The first-order valence-electron chi connectivity index (χ1n) is 9.78. The Balaban J connectivity index is 1.71. The number of benzene rings is 1. The van der Waals surface area contributed by atoms with E-state index in [9.17, 15) is 19.1 Å². The number of piperidine rings is 1. The predicted octanol–water partition coefficient (Wildman–Crippen LogP) is 2.91. The van der Waals surface area contributed by atoms with E-state index >= 15 is 0 Å². The van der Waals surface area contributed by atoms with Gasteiger partial charge in [0.1, 0.15) is 5.82 Å². The summed E-state index contributed by atoms with van der Waals surface area (Å²) < 4.78 is 19.0. The summed E-state index contributed by atoms with van der Waals surface area (Å²) in [5.41, 5.74) is 1.10. The van der Waals surface area contributed by atoms with Crippen molar-refractivity contribution in [1.29, 1.82) is 0 Å². The number of carbonyl (C=O) groups excluding carboxylic acids is 2. The number of aliphatic hydroxyl groups excluding tert-OH is 1. The van der Waals surface area contributed by atoms with Crippen molar-refractivity contribution in [2.45, 2.75) is 44.8 Å². The standard InChI is InChI=1S/C20H27ClFN3O4/c1-12-5-14(18(22)7-17(12)21)8-23-19(27)25(15-3-4-15)16-6-13(11-26)9-24(10-16)20(28)29-2/h5,7,13,15-16,26H,3-4,6,8-11H2,1-2H3,(H,23,27). The van der Waals surface area contributed by atoms with E-state index in [4.69, 9.17) is 16.3 Å². The van der Waals surface area contributed by atoms with Crippen LogP contribution in [0.4, 0.5) is 14.0 Å². The van der Waals surface area contributed by atoms with Crippen molar-refractivity contribution >= 4 is 23.7 Å². The Bertz CT molecular complexity index is 774. The fourth-order valence-electron chi connectivity index (χ4n) is 3.88. The number of carbonyl (C=O) groups is 2. The number of urea groups is 1. The van der Waals surface area contributed by atoms with Crippen LogP contribution in [0.25, 0.3) is 0 Å². The van der Waals surface area contributed by atoms with Crippen LogP contribution < -0.4 is 5.32 Å². The van der Waals surface area contributed by atoms with Gasteiger partial charge in [-0.1, -0.05) is 11.6 Å². The number of ether oxygens (including phenoxy) is 1. The second-order valence-electron chi connectivity index (χ2n) is 7.80. The third-order valence-electron chi connectivity index (χ3n) is 5.53. The van der Waals surface area contributed by atoms with Crippen LogP contribution in [0, 0.1) is 18.7 Å². The van der Waals surface area contributed by atoms with E-state index in [0.717, 1.165) is 18.4 Å². The largest absolute Gasteiger partial charge is 0.453 e. The lowest BCUT2D eigenvalue weighted by molar-refractivity contribution is 0.0464. The molecule has 29 heavy (non-hydrogen) atoms. The molecule has 1 saturated carbocycles. The number of hydrogen-bond donors (Lipinski definition) is 2. The zero-order valence-corrected chi connectivity index (χ0v) is 17.4. The highest BCUT2D eigenvalue weighted by Gasteiger charge is 2.42. The Hall–Kier alpha value is -2.06. The van der Waals surface area contributed by atoms with Gasteiger partial charge in [-0.15, -0.1) is 0 Å². The molecule has 9 heteroatoms. The molecule has 0 spiro atoms. The van der Waals surface area contributed by atoms with Crippen LogP contribution in [0.5, 0.6) is 0 Å². The monoisotopic (exact) mass is 427 g/mol. The molecule has 3 rings (SSSR count). The lowest BCUT2D eigenvalue weighted by atomic mass is 9.94. The Kier molecular flexibility index (Phi) is 6.85. The zero-order valence-electron chi connectivity index (χ0n) is 16.7. The molecule has 2 fully saturated rings. The highest BCUT2D eigenvalue weighted by Crippen LogP contribution is 2.33.